The molecular weight excluding hydrogens is 420 g/mol. The first-order valence-electron chi connectivity index (χ1n) is 12.7. The van der Waals surface area contributed by atoms with E-state index in [9.17, 15) is 0 Å². The number of benzene rings is 5. The van der Waals surface area contributed by atoms with E-state index in [0.29, 0.717) is 11.8 Å². The van der Waals surface area contributed by atoms with Crippen molar-refractivity contribution in [3.05, 3.63) is 137 Å². The predicted octanol–water partition coefficient (Wildman–Crippen LogP) is 9.26. The SMILES string of the molecule is CC(C)C1=Cc2c(-c3cccc4ccccc34)cccc2C1c1cccc2c1Cc1ccccc1-2. The molecule has 2 aliphatic rings. The van der Waals surface area contributed by atoms with Crippen LogP contribution in [-0.2, 0) is 6.42 Å². The Kier molecular flexibility index (Phi) is 4.57. The third-order valence-corrected chi connectivity index (χ3v) is 8.04. The zero-order chi connectivity index (χ0) is 23.5. The number of fused-ring (bicyclic) bond motifs is 5. The van der Waals surface area contributed by atoms with E-state index in [1.54, 1.807) is 0 Å². The zero-order valence-electron chi connectivity index (χ0n) is 20.3. The van der Waals surface area contributed by atoms with Crippen molar-refractivity contribution in [3.8, 4) is 22.3 Å². The highest BCUT2D eigenvalue weighted by Gasteiger charge is 2.33. The molecular formula is C35H28. The molecule has 5 aromatic rings. The first-order chi connectivity index (χ1) is 17.2. The van der Waals surface area contributed by atoms with Crippen LogP contribution >= 0.6 is 0 Å². The second-order valence-corrected chi connectivity index (χ2v) is 10.3. The highest BCUT2D eigenvalue weighted by molar-refractivity contribution is 5.99. The molecule has 0 saturated heterocycles. The normalized spacial score (nSPS) is 15.7. The summed E-state index contributed by atoms with van der Waals surface area (Å²) >= 11 is 0. The Balaban J connectivity index is 1.45. The van der Waals surface area contributed by atoms with Crippen molar-refractivity contribution in [1.82, 2.24) is 0 Å². The van der Waals surface area contributed by atoms with Crippen LogP contribution in [0, 0.1) is 5.92 Å². The summed E-state index contributed by atoms with van der Waals surface area (Å²) in [6.07, 6.45) is 3.53. The largest absolute Gasteiger partial charge is 0.0619 e. The first kappa shape index (κ1) is 20.5. The minimum atomic E-state index is 0.309. The van der Waals surface area contributed by atoms with Crippen LogP contribution in [-0.4, -0.2) is 0 Å². The van der Waals surface area contributed by atoms with Crippen LogP contribution in [0.1, 0.15) is 47.6 Å². The van der Waals surface area contributed by atoms with Gasteiger partial charge in [-0.05, 0) is 73.2 Å². The van der Waals surface area contributed by atoms with Crippen LogP contribution in [0.4, 0.5) is 0 Å². The summed E-state index contributed by atoms with van der Waals surface area (Å²) < 4.78 is 0. The van der Waals surface area contributed by atoms with Gasteiger partial charge in [0.05, 0.1) is 0 Å². The van der Waals surface area contributed by atoms with Gasteiger partial charge in [-0.3, -0.25) is 0 Å². The molecule has 0 saturated carbocycles. The summed E-state index contributed by atoms with van der Waals surface area (Å²) in [7, 11) is 0. The lowest BCUT2D eigenvalue weighted by molar-refractivity contribution is 0.714. The Bertz CT molecular complexity index is 1640. The summed E-state index contributed by atoms with van der Waals surface area (Å²) in [5, 5.41) is 2.62. The number of allylic oxidation sites excluding steroid dienone is 1. The van der Waals surface area contributed by atoms with Crippen LogP contribution in [0.25, 0.3) is 39.1 Å². The molecule has 1 atom stereocenters. The number of hydrogen-bond donors (Lipinski definition) is 0. The van der Waals surface area contributed by atoms with E-state index in [0.717, 1.165) is 6.42 Å². The Labute approximate surface area is 207 Å². The van der Waals surface area contributed by atoms with Gasteiger partial charge < -0.3 is 0 Å². The summed E-state index contributed by atoms with van der Waals surface area (Å²) in [5.74, 6) is 0.789. The average molecular weight is 449 g/mol. The van der Waals surface area contributed by atoms with Gasteiger partial charge in [-0.1, -0.05) is 129 Å². The lowest BCUT2D eigenvalue weighted by Gasteiger charge is -2.23. The van der Waals surface area contributed by atoms with Gasteiger partial charge in [0.15, 0.2) is 0 Å². The lowest BCUT2D eigenvalue weighted by Crippen LogP contribution is -2.08. The molecule has 0 heterocycles. The maximum absolute atomic E-state index is 2.50. The highest BCUT2D eigenvalue weighted by atomic mass is 14.4. The van der Waals surface area contributed by atoms with Crippen molar-refractivity contribution in [2.45, 2.75) is 26.2 Å². The van der Waals surface area contributed by atoms with E-state index in [1.807, 2.05) is 0 Å². The molecule has 0 spiro atoms. The van der Waals surface area contributed by atoms with Gasteiger partial charge in [0.1, 0.15) is 0 Å². The topological polar surface area (TPSA) is 0 Å². The van der Waals surface area contributed by atoms with Crippen LogP contribution in [0.15, 0.2) is 109 Å². The summed E-state index contributed by atoms with van der Waals surface area (Å²) in [6.45, 7) is 4.69. The molecule has 1 unspecified atom stereocenters. The van der Waals surface area contributed by atoms with E-state index < -0.39 is 0 Å². The Hall–Kier alpha value is -3.90. The van der Waals surface area contributed by atoms with Gasteiger partial charge in [-0.25, -0.2) is 0 Å². The minimum Gasteiger partial charge on any atom is -0.0619 e. The van der Waals surface area contributed by atoms with Gasteiger partial charge in [0.2, 0.25) is 0 Å². The lowest BCUT2D eigenvalue weighted by atomic mass is 9.80. The highest BCUT2D eigenvalue weighted by Crippen LogP contribution is 2.51. The molecule has 7 rings (SSSR count). The molecule has 0 nitrogen and oxygen atoms in total. The molecule has 0 radical (unpaired) electrons. The van der Waals surface area contributed by atoms with Crippen molar-refractivity contribution >= 4 is 16.8 Å². The fourth-order valence-corrected chi connectivity index (χ4v) is 6.42. The molecule has 0 aromatic heterocycles. The van der Waals surface area contributed by atoms with E-state index in [-0.39, 0.29) is 0 Å². The first-order valence-corrected chi connectivity index (χ1v) is 12.7. The van der Waals surface area contributed by atoms with Crippen molar-refractivity contribution in [2.24, 2.45) is 5.92 Å². The summed E-state index contributed by atoms with van der Waals surface area (Å²) in [5.41, 5.74) is 14.3. The molecule has 5 aromatic carbocycles. The van der Waals surface area contributed by atoms with Gasteiger partial charge in [-0.2, -0.15) is 0 Å². The molecule has 2 aliphatic carbocycles. The molecule has 0 heteroatoms. The second kappa shape index (κ2) is 7.82. The van der Waals surface area contributed by atoms with Gasteiger partial charge in [-0.15, -0.1) is 0 Å². The minimum absolute atomic E-state index is 0.309. The molecule has 0 aliphatic heterocycles. The van der Waals surface area contributed by atoms with Crippen molar-refractivity contribution in [1.29, 1.82) is 0 Å². The molecule has 0 amide bonds. The second-order valence-electron chi connectivity index (χ2n) is 10.3. The fraction of sp³-hybridized carbons (Fsp3) is 0.143. The van der Waals surface area contributed by atoms with E-state index >= 15 is 0 Å². The van der Waals surface area contributed by atoms with Gasteiger partial charge in [0, 0.05) is 5.92 Å². The molecule has 35 heavy (non-hydrogen) atoms. The van der Waals surface area contributed by atoms with E-state index in [4.69, 9.17) is 0 Å². The summed E-state index contributed by atoms with van der Waals surface area (Å²) in [6, 6.07) is 38.2. The molecule has 0 N–H and O–H groups in total. The Morgan fingerprint density at radius 3 is 2.14 bits per heavy atom. The Morgan fingerprint density at radius 1 is 0.600 bits per heavy atom. The van der Waals surface area contributed by atoms with Crippen LogP contribution in [0.5, 0.6) is 0 Å². The van der Waals surface area contributed by atoms with Gasteiger partial charge in [0.25, 0.3) is 0 Å². The van der Waals surface area contributed by atoms with Crippen LogP contribution < -0.4 is 0 Å². The Morgan fingerprint density at radius 2 is 1.26 bits per heavy atom. The molecule has 0 bridgehead atoms. The van der Waals surface area contributed by atoms with Crippen molar-refractivity contribution in [2.75, 3.05) is 0 Å². The summed E-state index contributed by atoms with van der Waals surface area (Å²) in [4.78, 5) is 0. The van der Waals surface area contributed by atoms with Gasteiger partial charge >= 0.3 is 0 Å². The zero-order valence-corrected chi connectivity index (χ0v) is 20.3. The van der Waals surface area contributed by atoms with Crippen molar-refractivity contribution < 1.29 is 0 Å². The molecule has 0 fully saturated rings. The maximum atomic E-state index is 2.50. The smallest absolute Gasteiger partial charge is 0.0314 e. The fourth-order valence-electron chi connectivity index (χ4n) is 6.42. The molecule has 168 valence electrons. The number of rotatable bonds is 3. The van der Waals surface area contributed by atoms with Crippen LogP contribution in [0.3, 0.4) is 0 Å². The van der Waals surface area contributed by atoms with E-state index in [1.165, 1.54) is 66.4 Å². The quantitative estimate of drug-likeness (QED) is 0.253. The third-order valence-electron chi connectivity index (χ3n) is 8.04. The standard InChI is InChI=1S/C35H28/c1-22(2)32-21-34-29(27-15-7-12-23-10-3-5-13-25(23)27)17-9-19-31(34)35(32)30-18-8-16-28-26-14-6-4-11-24(26)20-33(28)30/h3-19,21-22,35H,20H2,1-2H3. The number of hydrogen-bond acceptors (Lipinski definition) is 0. The van der Waals surface area contributed by atoms with E-state index in [2.05, 4.69) is 123 Å². The average Bonchev–Trinajstić information content (AvgIpc) is 3.47. The maximum Gasteiger partial charge on any atom is 0.0314 e. The predicted molar refractivity (Wildman–Crippen MR) is 149 cm³/mol. The third kappa shape index (κ3) is 3.06. The van der Waals surface area contributed by atoms with Crippen molar-refractivity contribution in [3.63, 3.8) is 0 Å². The van der Waals surface area contributed by atoms with Crippen LogP contribution in [0.2, 0.25) is 0 Å². The monoisotopic (exact) mass is 448 g/mol.